The first kappa shape index (κ1) is 7.74. The van der Waals surface area contributed by atoms with Gasteiger partial charge in [-0.15, -0.1) is 0 Å². The van der Waals surface area contributed by atoms with Gasteiger partial charge in [-0.2, -0.15) is 5.26 Å². The Kier molecular flexibility index (Phi) is 2.22. The van der Waals surface area contributed by atoms with E-state index >= 15 is 0 Å². The Hall–Kier alpha value is -1.36. The summed E-state index contributed by atoms with van der Waals surface area (Å²) in [4.78, 5) is 4.15. The van der Waals surface area contributed by atoms with E-state index in [9.17, 15) is 0 Å². The van der Waals surface area contributed by atoms with Gasteiger partial charge in [0.25, 0.3) is 0 Å². The van der Waals surface area contributed by atoms with Crippen LogP contribution in [-0.2, 0) is 6.42 Å². The molecule has 56 valence electrons. The third kappa shape index (κ3) is 1.56. The van der Waals surface area contributed by atoms with Crippen molar-refractivity contribution in [3.8, 4) is 6.07 Å². The molecule has 1 heterocycles. The van der Waals surface area contributed by atoms with Crippen LogP contribution < -0.4 is 0 Å². The molecule has 0 radical (unpaired) electrons. The summed E-state index contributed by atoms with van der Waals surface area (Å²) in [6.07, 6.45) is 0.884. The fourth-order valence-corrected chi connectivity index (χ4v) is 0.879. The molecule has 1 rings (SSSR count). The number of rotatable bonds is 1. The molecule has 0 fully saturated rings. The summed E-state index contributed by atoms with van der Waals surface area (Å²) in [5.41, 5.74) is 2.47. The molecule has 0 aliphatic rings. The maximum absolute atomic E-state index is 8.63. The third-order valence-corrected chi connectivity index (χ3v) is 1.62. The molecule has 2 heteroatoms. The molecule has 0 unspecified atom stereocenters. The molecule has 0 aromatic carbocycles. The number of nitriles is 1. The van der Waals surface area contributed by atoms with E-state index in [-0.39, 0.29) is 0 Å². The third-order valence-electron chi connectivity index (χ3n) is 1.62. The molecule has 2 nitrogen and oxygen atoms in total. The molecule has 0 aliphatic heterocycles. The smallest absolute Gasteiger partial charge is 0.143 e. The van der Waals surface area contributed by atoms with E-state index in [0.29, 0.717) is 5.69 Å². The van der Waals surface area contributed by atoms with Crippen molar-refractivity contribution in [2.24, 2.45) is 0 Å². The predicted molar refractivity (Wildman–Crippen MR) is 43.1 cm³/mol. The summed E-state index contributed by atoms with van der Waals surface area (Å²) < 4.78 is 0. The summed E-state index contributed by atoms with van der Waals surface area (Å²) in [6, 6.07) is 5.95. The lowest BCUT2D eigenvalue weighted by Gasteiger charge is -1.98. The zero-order valence-electron chi connectivity index (χ0n) is 6.76. The van der Waals surface area contributed by atoms with Gasteiger partial charge in [0.1, 0.15) is 11.8 Å². The molecule has 0 saturated heterocycles. The van der Waals surface area contributed by atoms with Crippen molar-refractivity contribution in [1.82, 2.24) is 4.98 Å². The predicted octanol–water partition coefficient (Wildman–Crippen LogP) is 1.82. The van der Waals surface area contributed by atoms with E-state index < -0.39 is 0 Å². The van der Waals surface area contributed by atoms with Crippen LogP contribution in [0.25, 0.3) is 0 Å². The van der Waals surface area contributed by atoms with Gasteiger partial charge in [-0.05, 0) is 25.0 Å². The summed E-state index contributed by atoms with van der Waals surface area (Å²) >= 11 is 0. The molecule has 11 heavy (non-hydrogen) atoms. The van der Waals surface area contributed by atoms with Gasteiger partial charge in [-0.1, -0.05) is 13.0 Å². The van der Waals surface area contributed by atoms with Gasteiger partial charge < -0.3 is 0 Å². The summed E-state index contributed by atoms with van der Waals surface area (Å²) in [6.45, 7) is 3.92. The van der Waals surface area contributed by atoms with Crippen LogP contribution >= 0.6 is 0 Å². The van der Waals surface area contributed by atoms with Crippen molar-refractivity contribution < 1.29 is 0 Å². The van der Waals surface area contributed by atoms with E-state index in [4.69, 9.17) is 5.26 Å². The summed E-state index contributed by atoms with van der Waals surface area (Å²) in [7, 11) is 0. The zero-order chi connectivity index (χ0) is 8.27. The molecule has 0 aliphatic carbocycles. The van der Waals surface area contributed by atoms with Crippen molar-refractivity contribution in [3.05, 3.63) is 29.1 Å². The molecule has 1 aromatic heterocycles. The quantitative estimate of drug-likeness (QED) is 0.606. The van der Waals surface area contributed by atoms with Crippen LogP contribution in [-0.4, -0.2) is 4.98 Å². The second-order valence-corrected chi connectivity index (χ2v) is 2.43. The van der Waals surface area contributed by atoms with Crippen LogP contribution in [0.5, 0.6) is 0 Å². The molecule has 0 N–H and O–H groups in total. The van der Waals surface area contributed by atoms with E-state index in [1.165, 1.54) is 0 Å². The van der Waals surface area contributed by atoms with Gasteiger partial charge in [-0.3, -0.25) is 0 Å². The van der Waals surface area contributed by atoms with Crippen molar-refractivity contribution in [2.45, 2.75) is 20.3 Å². The highest BCUT2D eigenvalue weighted by Crippen LogP contribution is 2.05. The Morgan fingerprint density at radius 2 is 2.27 bits per heavy atom. The zero-order valence-corrected chi connectivity index (χ0v) is 6.76. The van der Waals surface area contributed by atoms with Crippen molar-refractivity contribution in [2.75, 3.05) is 0 Å². The molecule has 0 spiro atoms. The molecular weight excluding hydrogens is 136 g/mol. The lowest BCUT2D eigenvalue weighted by molar-refractivity contribution is 1.01. The van der Waals surface area contributed by atoms with Crippen molar-refractivity contribution in [3.63, 3.8) is 0 Å². The Labute approximate surface area is 66.5 Å². The molecule has 1 aromatic rings. The average molecular weight is 146 g/mol. The standard InChI is InChI=1S/C9H10N2/c1-3-8-5-4-7(2)9(6-10)11-8/h4-5H,3H2,1-2H3. The highest BCUT2D eigenvalue weighted by molar-refractivity contribution is 5.31. The Morgan fingerprint density at radius 3 is 2.82 bits per heavy atom. The van der Waals surface area contributed by atoms with Gasteiger partial charge in [0.2, 0.25) is 0 Å². The minimum Gasteiger partial charge on any atom is -0.242 e. The van der Waals surface area contributed by atoms with E-state index in [2.05, 4.69) is 11.1 Å². The normalized spacial score (nSPS) is 9.18. The van der Waals surface area contributed by atoms with Crippen LogP contribution in [0.1, 0.15) is 23.9 Å². The van der Waals surface area contributed by atoms with Gasteiger partial charge in [0.05, 0.1) is 0 Å². The van der Waals surface area contributed by atoms with Crippen molar-refractivity contribution in [1.29, 1.82) is 5.26 Å². The monoisotopic (exact) mass is 146 g/mol. The average Bonchev–Trinajstić information content (AvgIpc) is 2.05. The first-order chi connectivity index (χ1) is 5.27. The molecule has 0 bridgehead atoms. The van der Waals surface area contributed by atoms with Gasteiger partial charge in [0, 0.05) is 5.69 Å². The van der Waals surface area contributed by atoms with Gasteiger partial charge in [0.15, 0.2) is 0 Å². The molecular formula is C9H10N2. The summed E-state index contributed by atoms with van der Waals surface area (Å²) in [5.74, 6) is 0. The minimum absolute atomic E-state index is 0.546. The number of aryl methyl sites for hydroxylation is 2. The summed E-state index contributed by atoms with van der Waals surface area (Å²) in [5, 5.41) is 8.63. The lowest BCUT2D eigenvalue weighted by atomic mass is 10.2. The maximum atomic E-state index is 8.63. The number of nitrogens with zero attached hydrogens (tertiary/aromatic N) is 2. The second kappa shape index (κ2) is 3.16. The maximum Gasteiger partial charge on any atom is 0.143 e. The fourth-order valence-electron chi connectivity index (χ4n) is 0.879. The Bertz CT molecular complexity index is 297. The minimum atomic E-state index is 0.546. The second-order valence-electron chi connectivity index (χ2n) is 2.43. The fraction of sp³-hybridized carbons (Fsp3) is 0.333. The van der Waals surface area contributed by atoms with Crippen LogP contribution in [0.3, 0.4) is 0 Å². The van der Waals surface area contributed by atoms with Crippen LogP contribution in [0.4, 0.5) is 0 Å². The van der Waals surface area contributed by atoms with E-state index in [0.717, 1.165) is 17.7 Å². The first-order valence-corrected chi connectivity index (χ1v) is 3.64. The Morgan fingerprint density at radius 1 is 1.55 bits per heavy atom. The number of aromatic nitrogens is 1. The van der Waals surface area contributed by atoms with Crippen LogP contribution in [0.2, 0.25) is 0 Å². The highest BCUT2D eigenvalue weighted by Gasteiger charge is 1.98. The SMILES string of the molecule is CCc1ccc(C)c(C#N)n1. The lowest BCUT2D eigenvalue weighted by Crippen LogP contribution is -1.92. The van der Waals surface area contributed by atoms with Crippen molar-refractivity contribution >= 4 is 0 Å². The highest BCUT2D eigenvalue weighted by atomic mass is 14.7. The molecule has 0 saturated carbocycles. The number of pyridine rings is 1. The number of hydrogen-bond donors (Lipinski definition) is 0. The van der Waals surface area contributed by atoms with Crippen LogP contribution in [0, 0.1) is 18.3 Å². The Balaban J connectivity index is 3.15. The molecule has 0 atom stereocenters. The topological polar surface area (TPSA) is 36.7 Å². The van der Waals surface area contributed by atoms with E-state index in [1.807, 2.05) is 26.0 Å². The van der Waals surface area contributed by atoms with E-state index in [1.54, 1.807) is 0 Å². The number of hydrogen-bond acceptors (Lipinski definition) is 2. The largest absolute Gasteiger partial charge is 0.242 e. The molecule has 0 amide bonds. The van der Waals surface area contributed by atoms with Crippen LogP contribution in [0.15, 0.2) is 12.1 Å². The van der Waals surface area contributed by atoms with Gasteiger partial charge in [-0.25, -0.2) is 4.98 Å². The van der Waals surface area contributed by atoms with Gasteiger partial charge >= 0.3 is 0 Å². The first-order valence-electron chi connectivity index (χ1n) is 3.64.